The average Bonchev–Trinajstić information content (AvgIpc) is 2.65. The molecule has 6 rings (SSSR count). The highest BCUT2D eigenvalue weighted by Crippen LogP contribution is 2.55. The summed E-state index contributed by atoms with van der Waals surface area (Å²) in [5, 5.41) is 6.80. The van der Waals surface area contributed by atoms with E-state index in [9.17, 15) is 8.42 Å². The van der Waals surface area contributed by atoms with Gasteiger partial charge in [0.15, 0.2) is 5.11 Å². The fourth-order valence-electron chi connectivity index (χ4n) is 6.64. The molecular formula is C25H31N3O2S2. The normalized spacial score (nSPS) is 28.5. The van der Waals surface area contributed by atoms with Gasteiger partial charge in [-0.2, -0.15) is 0 Å². The van der Waals surface area contributed by atoms with E-state index >= 15 is 0 Å². The fraction of sp³-hybridized carbons (Fsp3) is 0.480. The molecule has 3 N–H and O–H groups in total. The molecule has 0 unspecified atom stereocenters. The smallest absolute Gasteiger partial charge is 0.241 e. The van der Waals surface area contributed by atoms with E-state index in [1.807, 2.05) is 26.0 Å². The Bertz CT molecular complexity index is 1090. The number of anilines is 2. The molecule has 0 amide bonds. The third kappa shape index (κ3) is 4.56. The summed E-state index contributed by atoms with van der Waals surface area (Å²) in [5.41, 5.74) is 3.77. The Morgan fingerprint density at radius 2 is 1.34 bits per heavy atom. The summed E-state index contributed by atoms with van der Waals surface area (Å²) in [6, 6.07) is 13.0. The van der Waals surface area contributed by atoms with Crippen molar-refractivity contribution in [2.45, 2.75) is 62.8 Å². The lowest BCUT2D eigenvalue weighted by atomic mass is 9.53. The van der Waals surface area contributed by atoms with Crippen LogP contribution in [0, 0.1) is 31.6 Å². The molecule has 2 aromatic carbocycles. The zero-order valence-electron chi connectivity index (χ0n) is 18.6. The third-order valence-corrected chi connectivity index (χ3v) is 9.09. The van der Waals surface area contributed by atoms with Crippen molar-refractivity contribution in [3.8, 4) is 0 Å². The van der Waals surface area contributed by atoms with Gasteiger partial charge < -0.3 is 10.6 Å². The van der Waals surface area contributed by atoms with Crippen LogP contribution in [0.15, 0.2) is 47.4 Å². The van der Waals surface area contributed by atoms with E-state index in [0.717, 1.165) is 41.8 Å². The molecule has 0 atom stereocenters. The summed E-state index contributed by atoms with van der Waals surface area (Å²) in [4.78, 5) is 0.312. The SMILES string of the molecule is Cc1cc(C)cc(NC(=S)Nc2ccc(S(=O)(=O)NC34CC5CC(CC(C5)C3)C4)cc2)c1. The summed E-state index contributed by atoms with van der Waals surface area (Å²) in [5.74, 6) is 2.09. The lowest BCUT2D eigenvalue weighted by molar-refractivity contribution is -0.00810. The van der Waals surface area contributed by atoms with Crippen LogP contribution >= 0.6 is 12.2 Å². The second-order valence-corrected chi connectivity index (χ2v) is 12.4. The predicted molar refractivity (Wildman–Crippen MR) is 133 cm³/mol. The molecule has 0 spiro atoms. The number of hydrogen-bond acceptors (Lipinski definition) is 3. The van der Waals surface area contributed by atoms with Crippen molar-refractivity contribution in [3.05, 3.63) is 53.6 Å². The van der Waals surface area contributed by atoms with Crippen LogP contribution in [-0.4, -0.2) is 19.1 Å². The van der Waals surface area contributed by atoms with Gasteiger partial charge in [0.1, 0.15) is 0 Å². The predicted octanol–water partition coefficient (Wildman–Crippen LogP) is 5.36. The van der Waals surface area contributed by atoms with Crippen LogP contribution in [0.3, 0.4) is 0 Å². The van der Waals surface area contributed by atoms with Crippen LogP contribution in [0.25, 0.3) is 0 Å². The zero-order valence-corrected chi connectivity index (χ0v) is 20.3. The highest BCUT2D eigenvalue weighted by molar-refractivity contribution is 7.89. The molecule has 4 saturated carbocycles. The van der Waals surface area contributed by atoms with Gasteiger partial charge in [-0.3, -0.25) is 0 Å². The van der Waals surface area contributed by atoms with Crippen LogP contribution in [0.2, 0.25) is 0 Å². The molecule has 0 saturated heterocycles. The molecule has 4 fully saturated rings. The molecule has 0 heterocycles. The lowest BCUT2D eigenvalue weighted by Gasteiger charge is -2.56. The second kappa shape index (κ2) is 8.12. The Morgan fingerprint density at radius 1 is 0.844 bits per heavy atom. The van der Waals surface area contributed by atoms with Crippen LogP contribution in [0.1, 0.15) is 49.7 Å². The van der Waals surface area contributed by atoms with Crippen molar-refractivity contribution in [3.63, 3.8) is 0 Å². The van der Waals surface area contributed by atoms with Gasteiger partial charge in [0.05, 0.1) is 4.90 Å². The first-order valence-electron chi connectivity index (χ1n) is 11.5. The minimum atomic E-state index is -3.55. The monoisotopic (exact) mass is 469 g/mol. The van der Waals surface area contributed by atoms with Crippen molar-refractivity contribution in [2.75, 3.05) is 10.6 Å². The summed E-state index contributed by atoms with van der Waals surface area (Å²) in [7, 11) is -3.55. The molecule has 0 aromatic heterocycles. The summed E-state index contributed by atoms with van der Waals surface area (Å²) in [6.07, 6.45) is 6.86. The maximum Gasteiger partial charge on any atom is 0.241 e. The van der Waals surface area contributed by atoms with E-state index in [1.165, 1.54) is 19.3 Å². The molecule has 7 heteroatoms. The number of benzene rings is 2. The lowest BCUT2D eigenvalue weighted by Crippen LogP contribution is -2.59. The van der Waals surface area contributed by atoms with E-state index < -0.39 is 10.0 Å². The largest absolute Gasteiger partial charge is 0.332 e. The Hall–Kier alpha value is -1.96. The highest BCUT2D eigenvalue weighted by Gasteiger charge is 2.52. The van der Waals surface area contributed by atoms with Crippen LogP contribution < -0.4 is 15.4 Å². The maximum absolute atomic E-state index is 13.2. The van der Waals surface area contributed by atoms with E-state index in [2.05, 4.69) is 21.4 Å². The Kier molecular flexibility index (Phi) is 5.55. The van der Waals surface area contributed by atoms with Gasteiger partial charge in [-0.25, -0.2) is 13.1 Å². The number of thiocarbonyl (C=S) groups is 1. The minimum absolute atomic E-state index is 0.234. The average molecular weight is 470 g/mol. The maximum atomic E-state index is 13.2. The Morgan fingerprint density at radius 3 is 1.88 bits per heavy atom. The topological polar surface area (TPSA) is 70.2 Å². The second-order valence-electron chi connectivity index (χ2n) is 10.3. The molecule has 2 aromatic rings. The number of rotatable bonds is 5. The standard InChI is InChI=1S/C25H31N3O2S2/c1-16-7-17(2)9-22(8-16)27-24(31)26-21-3-5-23(6-4-21)32(29,30)28-25-13-18-10-19(14-25)12-20(11-18)15-25/h3-9,18-20,28H,10-15H2,1-2H3,(H2,26,27,31). The zero-order chi connectivity index (χ0) is 22.5. The van der Waals surface area contributed by atoms with E-state index in [-0.39, 0.29) is 5.54 Å². The molecule has 4 aliphatic carbocycles. The van der Waals surface area contributed by atoms with Crippen molar-refractivity contribution >= 4 is 38.7 Å². The molecule has 0 radical (unpaired) electrons. The molecular weight excluding hydrogens is 438 g/mol. The van der Waals surface area contributed by atoms with Crippen LogP contribution in [-0.2, 0) is 10.0 Å². The van der Waals surface area contributed by atoms with Crippen molar-refractivity contribution in [1.29, 1.82) is 0 Å². The van der Waals surface area contributed by atoms with E-state index in [4.69, 9.17) is 12.2 Å². The van der Waals surface area contributed by atoms with Crippen molar-refractivity contribution in [1.82, 2.24) is 4.72 Å². The first kappa shape index (κ1) is 21.9. The third-order valence-electron chi connectivity index (χ3n) is 7.29. The fourth-order valence-corrected chi connectivity index (χ4v) is 8.31. The summed E-state index contributed by atoms with van der Waals surface area (Å²) < 4.78 is 29.5. The van der Waals surface area contributed by atoms with E-state index in [1.54, 1.807) is 24.3 Å². The number of sulfonamides is 1. The number of nitrogens with one attached hydrogen (secondary N) is 3. The summed E-state index contributed by atoms with van der Waals surface area (Å²) in [6.45, 7) is 4.09. The quantitative estimate of drug-likeness (QED) is 0.514. The van der Waals surface area contributed by atoms with Crippen molar-refractivity contribution < 1.29 is 8.42 Å². The minimum Gasteiger partial charge on any atom is -0.332 e. The molecule has 4 bridgehead atoms. The van der Waals surface area contributed by atoms with Crippen molar-refractivity contribution in [2.24, 2.45) is 17.8 Å². The van der Waals surface area contributed by atoms with Crippen LogP contribution in [0.4, 0.5) is 11.4 Å². The molecule has 4 aliphatic rings. The highest BCUT2D eigenvalue weighted by atomic mass is 32.2. The van der Waals surface area contributed by atoms with Gasteiger partial charge in [0.25, 0.3) is 0 Å². The van der Waals surface area contributed by atoms with Gasteiger partial charge >= 0.3 is 0 Å². The number of aryl methyl sites for hydroxylation is 2. The van der Waals surface area contributed by atoms with Crippen LogP contribution in [0.5, 0.6) is 0 Å². The van der Waals surface area contributed by atoms with Gasteiger partial charge in [0, 0.05) is 16.9 Å². The van der Waals surface area contributed by atoms with Gasteiger partial charge in [-0.1, -0.05) is 6.07 Å². The molecule has 5 nitrogen and oxygen atoms in total. The van der Waals surface area contributed by atoms with Gasteiger partial charge in [0.2, 0.25) is 10.0 Å². The molecule has 32 heavy (non-hydrogen) atoms. The first-order valence-corrected chi connectivity index (χ1v) is 13.4. The molecule has 0 aliphatic heterocycles. The number of hydrogen-bond donors (Lipinski definition) is 3. The Balaban J connectivity index is 1.24. The van der Waals surface area contributed by atoms with E-state index in [0.29, 0.717) is 27.8 Å². The molecule has 170 valence electrons. The van der Waals surface area contributed by atoms with Gasteiger partial charge in [-0.05, 0) is 130 Å². The summed E-state index contributed by atoms with van der Waals surface area (Å²) >= 11 is 5.43. The van der Waals surface area contributed by atoms with Gasteiger partial charge in [-0.15, -0.1) is 0 Å². The first-order chi connectivity index (χ1) is 15.2. The Labute approximate surface area is 196 Å².